The lowest BCUT2D eigenvalue weighted by Gasteiger charge is -2.56. The highest BCUT2D eigenvalue weighted by Gasteiger charge is 2.51. The summed E-state index contributed by atoms with van der Waals surface area (Å²) >= 11 is 0. The molecule has 2 saturated heterocycles. The summed E-state index contributed by atoms with van der Waals surface area (Å²) in [6, 6.07) is 15.4. The third kappa shape index (κ3) is 9.32. The summed E-state index contributed by atoms with van der Waals surface area (Å²) in [4.78, 5) is 50.3. The second kappa shape index (κ2) is 17.8. The van der Waals surface area contributed by atoms with Gasteiger partial charge in [-0.05, 0) is 161 Å². The van der Waals surface area contributed by atoms with Crippen molar-refractivity contribution < 1.29 is 14.3 Å². The number of rotatable bonds is 15. The van der Waals surface area contributed by atoms with Crippen LogP contribution in [0.15, 0.2) is 47.3 Å². The lowest BCUT2D eigenvalue weighted by Crippen LogP contribution is -2.47. The number of piperazine rings is 1. The van der Waals surface area contributed by atoms with Crippen LogP contribution in [-0.2, 0) is 22.6 Å². The number of ether oxygens (including phenoxy) is 1. The van der Waals surface area contributed by atoms with E-state index < -0.39 is 0 Å². The average Bonchev–Trinajstić information content (AvgIpc) is 3.19. The number of nitrogens with zero attached hydrogens (tertiary/aromatic N) is 3. The first-order valence-corrected chi connectivity index (χ1v) is 22.6. The van der Waals surface area contributed by atoms with Crippen LogP contribution in [-0.4, -0.2) is 85.0 Å². The third-order valence-electron chi connectivity index (χ3n) is 14.7. The van der Waals surface area contributed by atoms with E-state index in [1.807, 2.05) is 32.9 Å². The van der Waals surface area contributed by atoms with E-state index in [0.717, 1.165) is 143 Å². The van der Waals surface area contributed by atoms with Crippen molar-refractivity contribution in [1.29, 1.82) is 0 Å². The van der Waals surface area contributed by atoms with E-state index in [1.54, 1.807) is 0 Å². The Bertz CT molecular complexity index is 1960. The lowest BCUT2D eigenvalue weighted by atomic mass is 9.48. The predicted octanol–water partition coefficient (Wildman–Crippen LogP) is 7.98. The summed E-state index contributed by atoms with van der Waals surface area (Å²) in [6.45, 7) is 16.6. The summed E-state index contributed by atoms with van der Waals surface area (Å²) in [6.07, 6.45) is 12.8. The fraction of sp³-hybridized carbons (Fsp3) is 0.612. The molecule has 312 valence electrons. The quantitative estimate of drug-likeness (QED) is 0.161. The van der Waals surface area contributed by atoms with Crippen molar-refractivity contribution in [2.45, 2.75) is 117 Å². The number of benzene rings is 2. The highest BCUT2D eigenvalue weighted by Crippen LogP contribution is 2.61. The molecule has 2 N–H and O–H groups in total. The molecule has 3 aromatic rings. The number of nitrogens with one attached hydrogen (secondary N) is 2. The Morgan fingerprint density at radius 1 is 0.879 bits per heavy atom. The van der Waals surface area contributed by atoms with Crippen LogP contribution in [0.1, 0.15) is 116 Å². The number of hydrogen-bond acceptors (Lipinski definition) is 7. The number of carbonyl (C=O) groups is 2. The molecule has 0 unspecified atom stereocenters. The number of pyridine rings is 1. The number of H-pyrrole nitrogens is 1. The van der Waals surface area contributed by atoms with Crippen LogP contribution in [0.3, 0.4) is 0 Å². The fourth-order valence-corrected chi connectivity index (χ4v) is 12.1. The Balaban J connectivity index is 0.879. The number of carbonyl (C=O) groups excluding carboxylic acids is 2. The fourth-order valence-electron chi connectivity index (χ4n) is 12.1. The minimum Gasteiger partial charge on any atom is -0.381 e. The smallest absolute Gasteiger partial charge is 0.253 e. The van der Waals surface area contributed by atoms with Crippen LogP contribution in [0, 0.1) is 43.9 Å². The molecular weight excluding hydrogens is 723 g/mol. The van der Waals surface area contributed by atoms with Crippen molar-refractivity contribution in [3.63, 3.8) is 0 Å². The van der Waals surface area contributed by atoms with Gasteiger partial charge in [-0.2, -0.15) is 0 Å². The van der Waals surface area contributed by atoms with Crippen molar-refractivity contribution in [2.24, 2.45) is 23.2 Å². The Labute approximate surface area is 346 Å². The molecule has 6 aliphatic rings. The van der Waals surface area contributed by atoms with Crippen molar-refractivity contribution in [3.8, 4) is 11.1 Å². The number of anilines is 1. The Morgan fingerprint density at radius 2 is 1.53 bits per heavy atom. The van der Waals surface area contributed by atoms with Crippen LogP contribution >= 0.6 is 0 Å². The number of aromatic amines is 1. The van der Waals surface area contributed by atoms with Gasteiger partial charge in [0.1, 0.15) is 5.78 Å². The van der Waals surface area contributed by atoms with E-state index in [9.17, 15) is 14.4 Å². The maximum absolute atomic E-state index is 14.0. The molecular formula is C49H67N5O4. The van der Waals surface area contributed by atoms with Gasteiger partial charge in [0, 0.05) is 100 Å². The van der Waals surface area contributed by atoms with Gasteiger partial charge in [0.25, 0.3) is 11.5 Å². The minimum absolute atomic E-state index is 0.160. The first kappa shape index (κ1) is 41.0. The number of aromatic nitrogens is 1. The van der Waals surface area contributed by atoms with Gasteiger partial charge >= 0.3 is 0 Å². The number of hydrogen-bond donors (Lipinski definition) is 2. The van der Waals surface area contributed by atoms with Crippen LogP contribution in [0.2, 0.25) is 0 Å². The van der Waals surface area contributed by atoms with Gasteiger partial charge in [-0.15, -0.1) is 0 Å². The molecule has 3 heterocycles. The number of aryl methyl sites for hydroxylation is 2. The van der Waals surface area contributed by atoms with Gasteiger partial charge in [-0.1, -0.05) is 24.3 Å². The van der Waals surface area contributed by atoms with Gasteiger partial charge in [0.2, 0.25) is 0 Å². The molecule has 0 spiro atoms. The minimum atomic E-state index is -0.178. The molecule has 0 atom stereocenters. The van der Waals surface area contributed by atoms with Gasteiger partial charge in [0.05, 0.1) is 0 Å². The van der Waals surface area contributed by atoms with Crippen molar-refractivity contribution >= 4 is 17.4 Å². The molecule has 4 aliphatic carbocycles. The zero-order chi connectivity index (χ0) is 40.4. The number of amides is 1. The zero-order valence-corrected chi connectivity index (χ0v) is 35.7. The normalized spacial score (nSPS) is 24.9. The molecule has 2 aliphatic heterocycles. The topological polar surface area (TPSA) is 98.0 Å². The van der Waals surface area contributed by atoms with Crippen LogP contribution in [0.5, 0.6) is 0 Å². The predicted molar refractivity (Wildman–Crippen MR) is 232 cm³/mol. The second-order valence-electron chi connectivity index (χ2n) is 19.0. The Morgan fingerprint density at radius 3 is 2.17 bits per heavy atom. The van der Waals surface area contributed by atoms with Gasteiger partial charge in [-0.3, -0.25) is 19.3 Å². The van der Waals surface area contributed by atoms with Crippen molar-refractivity contribution in [1.82, 2.24) is 20.1 Å². The summed E-state index contributed by atoms with van der Waals surface area (Å²) in [5, 5.41) is 3.08. The molecule has 4 bridgehead atoms. The highest BCUT2D eigenvalue weighted by atomic mass is 16.5. The number of ketones is 1. The zero-order valence-electron chi connectivity index (χ0n) is 35.7. The van der Waals surface area contributed by atoms with E-state index in [-0.39, 0.29) is 18.0 Å². The molecule has 1 amide bonds. The molecule has 58 heavy (non-hydrogen) atoms. The lowest BCUT2D eigenvalue weighted by molar-refractivity contribution is -0.127. The maximum Gasteiger partial charge on any atom is 0.253 e. The molecule has 0 radical (unpaired) electrons. The van der Waals surface area contributed by atoms with Gasteiger partial charge in [-0.25, -0.2) is 0 Å². The first-order chi connectivity index (χ1) is 28.0. The molecule has 2 aromatic carbocycles. The molecule has 9 heteroatoms. The monoisotopic (exact) mass is 790 g/mol. The molecule has 6 fully saturated rings. The Kier molecular flexibility index (Phi) is 12.6. The summed E-state index contributed by atoms with van der Waals surface area (Å²) in [5.74, 6) is 3.09. The molecule has 1 aromatic heterocycles. The van der Waals surface area contributed by atoms with E-state index in [4.69, 9.17) is 4.74 Å². The van der Waals surface area contributed by atoms with E-state index in [1.165, 1.54) is 44.1 Å². The summed E-state index contributed by atoms with van der Waals surface area (Å²) in [7, 11) is 0. The SMILES string of the molecule is CCN(c1cc(-c2ccc(CN3CCN(CCCC(=O)CC45CC6CC(CC(C6)C4)C5)CC3)cc2)cc(C(=O)NCc2c(C)cc(C)[nH]c2=O)c1C)C1CCOCC1. The summed E-state index contributed by atoms with van der Waals surface area (Å²) in [5.41, 5.74) is 8.50. The summed E-state index contributed by atoms with van der Waals surface area (Å²) < 4.78 is 5.71. The first-order valence-electron chi connectivity index (χ1n) is 22.6. The van der Waals surface area contributed by atoms with Crippen LogP contribution in [0.25, 0.3) is 11.1 Å². The highest BCUT2D eigenvalue weighted by molar-refractivity contribution is 5.99. The molecule has 4 saturated carbocycles. The van der Waals surface area contributed by atoms with E-state index in [0.29, 0.717) is 28.4 Å². The average molecular weight is 790 g/mol. The number of Topliss-reactive ketones (excluding diaryl/α,β-unsaturated/α-hetero) is 1. The molecule has 9 nitrogen and oxygen atoms in total. The standard InChI is InChI=1S/C49H67N5O4/c1-5-54(42-12-19-58-20-13-42)46-26-41(25-44(35(46)4)47(56)50-31-45-33(2)21-34(3)51-48(45)57)40-10-8-36(9-11-40)32-53-17-15-52(16-18-53)14-6-7-43(55)30-49-27-37-22-38(28-49)24-39(23-37)29-49/h8-11,21,25-26,37-39,42H,5-7,12-20,22-24,27-32H2,1-4H3,(H,50,56)(H,51,57). The van der Waals surface area contributed by atoms with Gasteiger partial charge in [0.15, 0.2) is 0 Å². The van der Waals surface area contributed by atoms with Crippen LogP contribution < -0.4 is 15.8 Å². The third-order valence-corrected chi connectivity index (χ3v) is 14.7. The van der Waals surface area contributed by atoms with Crippen molar-refractivity contribution in [2.75, 3.05) is 57.4 Å². The van der Waals surface area contributed by atoms with Crippen LogP contribution in [0.4, 0.5) is 5.69 Å². The Hall–Kier alpha value is -3.79. The van der Waals surface area contributed by atoms with E-state index in [2.05, 4.69) is 62.3 Å². The van der Waals surface area contributed by atoms with Crippen molar-refractivity contribution in [3.05, 3.63) is 86.3 Å². The van der Waals surface area contributed by atoms with E-state index >= 15 is 0 Å². The molecule has 9 rings (SSSR count). The second-order valence-corrected chi connectivity index (χ2v) is 19.0. The van der Waals surface area contributed by atoms with Gasteiger partial charge < -0.3 is 24.8 Å². The largest absolute Gasteiger partial charge is 0.381 e. The maximum atomic E-state index is 14.0.